The average molecular weight is 611 g/mol. The fraction of sp³-hybridized carbons (Fsp3) is 0.345. The lowest BCUT2D eigenvalue weighted by atomic mass is 10.0. The van der Waals surface area contributed by atoms with Gasteiger partial charge in [-0.15, -0.1) is 0 Å². The van der Waals surface area contributed by atoms with Crippen molar-refractivity contribution in [2.45, 2.75) is 49.9 Å². The summed E-state index contributed by atoms with van der Waals surface area (Å²) >= 11 is 4.08. The number of nitrogens with two attached hydrogens (primary N) is 3. The predicted octanol–water partition coefficient (Wildman–Crippen LogP) is -0.197. The van der Waals surface area contributed by atoms with Gasteiger partial charge in [-0.1, -0.05) is 48.5 Å². The molecule has 0 aliphatic rings. The Morgan fingerprint density at radius 3 is 2.12 bits per heavy atom. The van der Waals surface area contributed by atoms with Gasteiger partial charge in [0.15, 0.2) is 5.96 Å². The molecule has 2 aromatic carbocycles. The number of carbonyl (C=O) groups is 4. The van der Waals surface area contributed by atoms with Crippen molar-refractivity contribution in [1.82, 2.24) is 20.9 Å². The fourth-order valence-corrected chi connectivity index (χ4v) is 4.62. The van der Waals surface area contributed by atoms with Crippen molar-refractivity contribution in [3.05, 3.63) is 71.9 Å². The molecule has 0 aliphatic carbocycles. The van der Waals surface area contributed by atoms with Gasteiger partial charge in [0.1, 0.15) is 18.1 Å². The van der Waals surface area contributed by atoms with Crippen LogP contribution in [0.1, 0.15) is 24.0 Å². The molecule has 3 rings (SSSR count). The fourth-order valence-electron chi connectivity index (χ4n) is 4.46. The molecule has 0 bridgehead atoms. The van der Waals surface area contributed by atoms with Crippen molar-refractivity contribution in [1.29, 1.82) is 0 Å². The molecule has 11 N–H and O–H groups in total. The minimum Gasteiger partial charge on any atom is -0.480 e. The van der Waals surface area contributed by atoms with Crippen LogP contribution < -0.4 is 33.2 Å². The lowest BCUT2D eigenvalue weighted by Crippen LogP contribution is -2.58. The van der Waals surface area contributed by atoms with Crippen molar-refractivity contribution in [2.24, 2.45) is 22.2 Å². The second-order valence-corrected chi connectivity index (χ2v) is 10.4. The second kappa shape index (κ2) is 16.2. The van der Waals surface area contributed by atoms with E-state index in [1.807, 2.05) is 30.3 Å². The first kappa shape index (κ1) is 32.9. The molecule has 13 nitrogen and oxygen atoms in total. The number of amides is 3. The highest BCUT2D eigenvalue weighted by Gasteiger charge is 2.31. The summed E-state index contributed by atoms with van der Waals surface area (Å²) in [4.78, 5) is 58.8. The molecular formula is C29H38N8O5S. The van der Waals surface area contributed by atoms with Crippen molar-refractivity contribution < 1.29 is 24.3 Å². The summed E-state index contributed by atoms with van der Waals surface area (Å²) in [6, 6.07) is 12.0. The maximum absolute atomic E-state index is 13.7. The molecule has 0 saturated carbocycles. The molecule has 230 valence electrons. The first-order chi connectivity index (χ1) is 20.6. The number of aromatic amines is 1. The zero-order chi connectivity index (χ0) is 31.4. The van der Waals surface area contributed by atoms with E-state index < -0.39 is 47.9 Å². The van der Waals surface area contributed by atoms with Crippen LogP contribution in [0.15, 0.2) is 65.8 Å². The smallest absolute Gasteiger partial charge is 0.326 e. The molecule has 0 aliphatic heterocycles. The number of aliphatic imine (C=N–C) groups is 1. The molecule has 14 heteroatoms. The van der Waals surface area contributed by atoms with Crippen LogP contribution in [0, 0.1) is 0 Å². The van der Waals surface area contributed by atoms with Gasteiger partial charge in [0, 0.05) is 42.2 Å². The van der Waals surface area contributed by atoms with Gasteiger partial charge < -0.3 is 43.2 Å². The van der Waals surface area contributed by atoms with Crippen molar-refractivity contribution in [3.8, 4) is 0 Å². The van der Waals surface area contributed by atoms with E-state index in [2.05, 4.69) is 38.6 Å². The Bertz CT molecular complexity index is 1430. The normalized spacial score (nSPS) is 13.7. The second-order valence-electron chi connectivity index (χ2n) is 10.0. The van der Waals surface area contributed by atoms with Crippen LogP contribution in [0.5, 0.6) is 0 Å². The van der Waals surface area contributed by atoms with Crippen LogP contribution in [-0.4, -0.2) is 76.2 Å². The molecule has 0 saturated heterocycles. The van der Waals surface area contributed by atoms with Crippen LogP contribution in [0.25, 0.3) is 10.9 Å². The number of carboxylic acid groups (broad SMARTS) is 1. The highest BCUT2D eigenvalue weighted by Crippen LogP contribution is 2.19. The summed E-state index contributed by atoms with van der Waals surface area (Å²) in [7, 11) is 0. The van der Waals surface area contributed by atoms with Gasteiger partial charge >= 0.3 is 5.97 Å². The number of benzene rings is 2. The van der Waals surface area contributed by atoms with Crippen LogP contribution in [0.4, 0.5) is 0 Å². The Hall–Kier alpha value is -4.56. The van der Waals surface area contributed by atoms with E-state index in [-0.39, 0.29) is 37.5 Å². The third kappa shape index (κ3) is 10.0. The Labute approximate surface area is 254 Å². The molecule has 4 atom stereocenters. The molecule has 4 unspecified atom stereocenters. The molecule has 1 aromatic heterocycles. The lowest BCUT2D eigenvalue weighted by Gasteiger charge is -2.25. The molecule has 0 radical (unpaired) electrons. The zero-order valence-corrected chi connectivity index (χ0v) is 24.4. The van der Waals surface area contributed by atoms with Gasteiger partial charge in [0.05, 0.1) is 6.04 Å². The van der Waals surface area contributed by atoms with Gasteiger partial charge in [-0.05, 0) is 30.0 Å². The van der Waals surface area contributed by atoms with E-state index in [0.29, 0.717) is 6.42 Å². The number of fused-ring (bicyclic) bond motifs is 1. The van der Waals surface area contributed by atoms with Crippen molar-refractivity contribution in [2.75, 3.05) is 12.3 Å². The maximum atomic E-state index is 13.7. The SMILES string of the molecule is NC(N)=NCCCC(NC(=O)C(Cc1ccccc1)NC(=O)C(Cc1c[nH]c2ccccc12)NC(=O)C(N)CS)C(=O)O. The first-order valence-corrected chi connectivity index (χ1v) is 14.4. The monoisotopic (exact) mass is 610 g/mol. The number of aromatic nitrogens is 1. The maximum Gasteiger partial charge on any atom is 0.326 e. The van der Waals surface area contributed by atoms with Crippen molar-refractivity contribution >= 4 is 53.2 Å². The number of guanidine groups is 1. The first-order valence-electron chi connectivity index (χ1n) is 13.7. The Balaban J connectivity index is 1.84. The van der Waals surface area contributed by atoms with E-state index in [1.165, 1.54) is 0 Å². The largest absolute Gasteiger partial charge is 0.480 e. The van der Waals surface area contributed by atoms with Gasteiger partial charge in [-0.25, -0.2) is 4.79 Å². The third-order valence-electron chi connectivity index (χ3n) is 6.74. The number of thiol groups is 1. The summed E-state index contributed by atoms with van der Waals surface area (Å²) in [5.41, 5.74) is 18.9. The predicted molar refractivity (Wildman–Crippen MR) is 167 cm³/mol. The number of aliphatic carboxylic acids is 1. The topological polar surface area (TPSA) is 231 Å². The minimum absolute atomic E-state index is 0.0602. The van der Waals surface area contributed by atoms with Crippen LogP contribution >= 0.6 is 12.6 Å². The number of nitrogens with one attached hydrogen (secondary N) is 4. The average Bonchev–Trinajstić information content (AvgIpc) is 3.40. The quantitative estimate of drug-likeness (QED) is 0.0455. The molecule has 3 aromatic rings. The number of carboxylic acids is 1. The van der Waals surface area contributed by atoms with Crippen LogP contribution in [-0.2, 0) is 32.0 Å². The van der Waals surface area contributed by atoms with Crippen LogP contribution in [0.2, 0.25) is 0 Å². The molecule has 0 fully saturated rings. The van der Waals surface area contributed by atoms with E-state index in [4.69, 9.17) is 17.2 Å². The third-order valence-corrected chi connectivity index (χ3v) is 7.13. The highest BCUT2D eigenvalue weighted by atomic mass is 32.1. The minimum atomic E-state index is -1.24. The van der Waals surface area contributed by atoms with E-state index >= 15 is 0 Å². The van der Waals surface area contributed by atoms with Gasteiger partial charge in [-0.2, -0.15) is 12.6 Å². The number of H-pyrrole nitrogens is 1. The summed E-state index contributed by atoms with van der Waals surface area (Å²) < 4.78 is 0. The molecular weight excluding hydrogens is 572 g/mol. The standard InChI is InChI=1S/C29H38N8O5S/c30-20(16-43)25(38)36-24(14-18-15-34-21-10-5-4-9-19(18)21)27(40)37-23(13-17-7-2-1-3-8-17)26(39)35-22(28(41)42)11-6-12-33-29(31)32/h1-5,7-10,15,20,22-24,34,43H,6,11-14,16,30H2,(H,35,39)(H,36,38)(H,37,40)(H,41,42)(H4,31,32,33). The van der Waals surface area contributed by atoms with Gasteiger partial charge in [-0.3, -0.25) is 19.4 Å². The lowest BCUT2D eigenvalue weighted by molar-refractivity contribution is -0.142. The molecule has 3 amide bonds. The summed E-state index contributed by atoms with van der Waals surface area (Å²) in [5.74, 6) is -3.21. The number of para-hydroxylation sites is 1. The number of hydrogen-bond donors (Lipinski definition) is 9. The van der Waals surface area contributed by atoms with Gasteiger partial charge in [0.2, 0.25) is 17.7 Å². The van der Waals surface area contributed by atoms with Crippen LogP contribution in [0.3, 0.4) is 0 Å². The summed E-state index contributed by atoms with van der Waals surface area (Å²) in [6.45, 7) is 0.190. The molecule has 1 heterocycles. The Kier molecular flexibility index (Phi) is 12.4. The number of hydrogen-bond acceptors (Lipinski definition) is 7. The summed E-state index contributed by atoms with van der Waals surface area (Å²) in [6.07, 6.45) is 2.29. The Morgan fingerprint density at radius 1 is 0.860 bits per heavy atom. The number of carbonyl (C=O) groups excluding carboxylic acids is 3. The number of nitrogens with zero attached hydrogens (tertiary/aromatic N) is 1. The molecule has 43 heavy (non-hydrogen) atoms. The summed E-state index contributed by atoms with van der Waals surface area (Å²) in [5, 5.41) is 18.5. The van der Waals surface area contributed by atoms with E-state index in [9.17, 15) is 24.3 Å². The Morgan fingerprint density at radius 2 is 1.47 bits per heavy atom. The van der Waals surface area contributed by atoms with E-state index in [1.54, 1.807) is 30.5 Å². The molecule has 0 spiro atoms. The van der Waals surface area contributed by atoms with E-state index in [0.717, 1.165) is 22.0 Å². The highest BCUT2D eigenvalue weighted by molar-refractivity contribution is 7.80. The zero-order valence-electron chi connectivity index (χ0n) is 23.5. The van der Waals surface area contributed by atoms with Crippen molar-refractivity contribution in [3.63, 3.8) is 0 Å². The van der Waals surface area contributed by atoms with Gasteiger partial charge in [0.25, 0.3) is 0 Å². The number of rotatable bonds is 16.